The summed E-state index contributed by atoms with van der Waals surface area (Å²) in [6.45, 7) is 12.0. The van der Waals surface area contributed by atoms with Gasteiger partial charge in [-0.15, -0.1) is 11.3 Å². The summed E-state index contributed by atoms with van der Waals surface area (Å²) in [4.78, 5) is 13.8. The Balaban J connectivity index is 0.000000211. The van der Waals surface area contributed by atoms with Crippen LogP contribution in [0.25, 0.3) is 10.2 Å². The third-order valence-corrected chi connectivity index (χ3v) is 10.3. The highest BCUT2D eigenvalue weighted by molar-refractivity contribution is 7.90. The van der Waals surface area contributed by atoms with Crippen molar-refractivity contribution in [1.29, 1.82) is 0 Å². The number of likely N-dealkylation sites (tertiary alicyclic amines) is 1. The van der Waals surface area contributed by atoms with Crippen molar-refractivity contribution < 1.29 is 21.6 Å². The van der Waals surface area contributed by atoms with E-state index in [0.717, 1.165) is 74.4 Å². The highest BCUT2D eigenvalue weighted by Gasteiger charge is 2.51. The maximum absolute atomic E-state index is 12.6. The first-order valence-electron chi connectivity index (χ1n) is 14.3. The number of halogens is 3. The Bertz CT molecular complexity index is 1150. The number of alkyl halides is 3. The predicted octanol–water partition coefficient (Wildman–Crippen LogP) is 6.00. The minimum atomic E-state index is -4.19. The molecule has 2 aliphatic heterocycles. The van der Waals surface area contributed by atoms with Gasteiger partial charge < -0.3 is 9.80 Å². The fourth-order valence-corrected chi connectivity index (χ4v) is 8.24. The summed E-state index contributed by atoms with van der Waals surface area (Å²) in [6, 6.07) is 1.83. The Labute approximate surface area is 235 Å². The minimum Gasteiger partial charge on any atom is -0.355 e. The second kappa shape index (κ2) is 13.4. The molecule has 0 amide bonds. The topological polar surface area (TPSA) is 78.4 Å². The lowest BCUT2D eigenvalue weighted by molar-refractivity contribution is -0.126. The van der Waals surface area contributed by atoms with E-state index < -0.39 is 22.6 Å². The SMILES string of the molecule is CC.CC.CN1CC2(C1)CN(c1ncnc3sc(CC(F)(F)F)cc13)C2.O=S(=O)(NC1CCCCC1)C1CC1. The molecule has 6 rings (SSSR count). The van der Waals surface area contributed by atoms with Gasteiger partial charge in [0, 0.05) is 42.5 Å². The lowest BCUT2D eigenvalue weighted by Crippen LogP contribution is -2.71. The minimum absolute atomic E-state index is 0.0607. The van der Waals surface area contributed by atoms with Crippen LogP contribution in [-0.2, 0) is 16.4 Å². The van der Waals surface area contributed by atoms with Crippen LogP contribution >= 0.6 is 11.3 Å². The summed E-state index contributed by atoms with van der Waals surface area (Å²) in [5.74, 6) is 0.773. The number of anilines is 1. The summed E-state index contributed by atoms with van der Waals surface area (Å²) < 4.78 is 63.6. The molecule has 12 heteroatoms. The number of rotatable bonds is 5. The lowest BCUT2D eigenvalue weighted by atomic mass is 9.73. The average Bonchev–Trinajstić information content (AvgIpc) is 3.64. The molecule has 222 valence electrons. The zero-order valence-electron chi connectivity index (χ0n) is 23.9. The number of aromatic nitrogens is 2. The number of hydrogen-bond acceptors (Lipinski definition) is 7. The van der Waals surface area contributed by atoms with Gasteiger partial charge in [-0.3, -0.25) is 0 Å². The molecule has 1 spiro atoms. The van der Waals surface area contributed by atoms with Crippen LogP contribution in [0.4, 0.5) is 19.0 Å². The molecule has 2 aromatic heterocycles. The van der Waals surface area contributed by atoms with Crippen LogP contribution in [0.15, 0.2) is 12.4 Å². The molecule has 2 saturated carbocycles. The maximum atomic E-state index is 12.6. The molecular weight excluding hydrogens is 547 g/mol. The lowest BCUT2D eigenvalue weighted by Gasteiger charge is -2.60. The highest BCUT2D eigenvalue weighted by Crippen LogP contribution is 2.43. The van der Waals surface area contributed by atoms with Gasteiger partial charge in [0.1, 0.15) is 17.0 Å². The fraction of sp³-hybridized carbons (Fsp3) is 0.778. The summed E-state index contributed by atoms with van der Waals surface area (Å²) in [7, 11) is -0.840. The quantitative estimate of drug-likeness (QED) is 0.460. The van der Waals surface area contributed by atoms with Gasteiger partial charge in [0.25, 0.3) is 0 Å². The summed E-state index contributed by atoms with van der Waals surface area (Å²) in [5, 5.41) is 0.684. The molecule has 2 aliphatic carbocycles. The summed E-state index contributed by atoms with van der Waals surface area (Å²) >= 11 is 1.10. The number of sulfonamides is 1. The molecule has 7 nitrogen and oxygen atoms in total. The maximum Gasteiger partial charge on any atom is 0.393 e. The second-order valence-electron chi connectivity index (χ2n) is 10.6. The van der Waals surface area contributed by atoms with Crippen LogP contribution in [0.2, 0.25) is 0 Å². The molecule has 1 N–H and O–H groups in total. The molecule has 0 unspecified atom stereocenters. The number of thiophene rings is 1. The van der Waals surface area contributed by atoms with Crippen LogP contribution in [0.1, 0.15) is 77.5 Å². The summed E-state index contributed by atoms with van der Waals surface area (Å²) in [6.07, 6.45) is 3.77. The molecular formula is C27H44F3N5O2S2. The van der Waals surface area contributed by atoms with Gasteiger partial charge in [0.15, 0.2) is 0 Å². The molecule has 2 saturated heterocycles. The van der Waals surface area contributed by atoms with Crippen molar-refractivity contribution >= 4 is 37.4 Å². The molecule has 0 bridgehead atoms. The van der Waals surface area contributed by atoms with E-state index in [1.807, 2.05) is 27.7 Å². The van der Waals surface area contributed by atoms with Gasteiger partial charge in [-0.25, -0.2) is 23.1 Å². The summed E-state index contributed by atoms with van der Waals surface area (Å²) in [5.41, 5.74) is 0.358. The Morgan fingerprint density at radius 1 is 1.00 bits per heavy atom. The fourth-order valence-electron chi connectivity index (χ4n) is 5.57. The third-order valence-electron chi connectivity index (χ3n) is 7.20. The van der Waals surface area contributed by atoms with Crippen molar-refractivity contribution in [3.05, 3.63) is 17.3 Å². The number of fused-ring (bicyclic) bond motifs is 1. The van der Waals surface area contributed by atoms with Gasteiger partial charge in [-0.05, 0) is 38.8 Å². The van der Waals surface area contributed by atoms with Crippen LogP contribution in [-0.4, -0.2) is 74.0 Å². The number of hydrogen-bond donors (Lipinski definition) is 1. The van der Waals surface area contributed by atoms with Crippen molar-refractivity contribution in [2.75, 3.05) is 38.1 Å². The highest BCUT2D eigenvalue weighted by atomic mass is 32.2. The van der Waals surface area contributed by atoms with E-state index in [-0.39, 0.29) is 11.3 Å². The van der Waals surface area contributed by atoms with Crippen LogP contribution in [0, 0.1) is 5.41 Å². The molecule has 4 heterocycles. The first kappa shape index (κ1) is 32.0. The van der Waals surface area contributed by atoms with E-state index in [0.29, 0.717) is 15.1 Å². The Morgan fingerprint density at radius 2 is 1.62 bits per heavy atom. The largest absolute Gasteiger partial charge is 0.393 e. The Hall–Kier alpha value is -1.50. The molecule has 0 radical (unpaired) electrons. The van der Waals surface area contributed by atoms with E-state index in [1.165, 1.54) is 25.6 Å². The van der Waals surface area contributed by atoms with E-state index in [4.69, 9.17) is 0 Å². The van der Waals surface area contributed by atoms with Gasteiger partial charge in [0.05, 0.1) is 17.1 Å². The molecule has 4 aliphatic rings. The van der Waals surface area contributed by atoms with E-state index in [1.54, 1.807) is 6.07 Å². The average molecular weight is 592 g/mol. The van der Waals surface area contributed by atoms with Gasteiger partial charge in [-0.2, -0.15) is 13.2 Å². The van der Waals surface area contributed by atoms with E-state index >= 15 is 0 Å². The monoisotopic (exact) mass is 591 g/mol. The van der Waals surface area contributed by atoms with Crippen molar-refractivity contribution in [2.24, 2.45) is 5.41 Å². The van der Waals surface area contributed by atoms with Crippen LogP contribution < -0.4 is 9.62 Å². The molecule has 4 fully saturated rings. The zero-order valence-corrected chi connectivity index (χ0v) is 25.5. The van der Waals surface area contributed by atoms with Gasteiger partial charge in [-0.1, -0.05) is 47.0 Å². The van der Waals surface area contributed by atoms with Crippen molar-refractivity contribution in [1.82, 2.24) is 19.6 Å². The van der Waals surface area contributed by atoms with Gasteiger partial charge in [0.2, 0.25) is 10.0 Å². The normalized spacial score (nSPS) is 21.0. The third kappa shape index (κ3) is 8.50. The van der Waals surface area contributed by atoms with Crippen LogP contribution in [0.5, 0.6) is 0 Å². The predicted molar refractivity (Wildman–Crippen MR) is 154 cm³/mol. The standard InChI is InChI=1S/C14H15F3N4S.C9H17NO2S.2C2H6/c1-20-4-13(5-20)6-21(7-13)11-10-2-9(3-14(15,16)17)22-12(10)19-8-18-11;11-13(12,9-6-7-9)10-8-4-2-1-3-5-8;2*1-2/h2,8H,3-7H2,1H3;8-10H,1-7H2;2*1-2H3. The van der Waals surface area contributed by atoms with Crippen LogP contribution in [0.3, 0.4) is 0 Å². The van der Waals surface area contributed by atoms with Crippen molar-refractivity contribution in [2.45, 2.75) is 96.5 Å². The number of nitrogens with one attached hydrogen (secondary N) is 1. The van der Waals surface area contributed by atoms with E-state index in [9.17, 15) is 21.6 Å². The van der Waals surface area contributed by atoms with Crippen molar-refractivity contribution in [3.8, 4) is 0 Å². The molecule has 2 aromatic rings. The van der Waals surface area contributed by atoms with Gasteiger partial charge >= 0.3 is 6.18 Å². The first-order chi connectivity index (χ1) is 18.5. The zero-order chi connectivity index (χ0) is 28.8. The van der Waals surface area contributed by atoms with Crippen molar-refractivity contribution in [3.63, 3.8) is 0 Å². The van der Waals surface area contributed by atoms with E-state index in [2.05, 4.69) is 31.5 Å². The first-order valence-corrected chi connectivity index (χ1v) is 16.6. The smallest absolute Gasteiger partial charge is 0.355 e. The number of nitrogens with zero attached hydrogens (tertiary/aromatic N) is 4. The Kier molecular flexibility index (Phi) is 11.0. The second-order valence-corrected chi connectivity index (χ2v) is 13.8. The molecule has 0 atom stereocenters. The molecule has 0 aromatic carbocycles. The Morgan fingerprint density at radius 3 is 2.15 bits per heavy atom. The molecule has 39 heavy (non-hydrogen) atoms.